The summed E-state index contributed by atoms with van der Waals surface area (Å²) in [4.78, 5) is 6.90. The van der Waals surface area contributed by atoms with Gasteiger partial charge in [0.1, 0.15) is 6.10 Å². The van der Waals surface area contributed by atoms with Gasteiger partial charge in [0.05, 0.1) is 6.10 Å². The molecule has 0 spiro atoms. The summed E-state index contributed by atoms with van der Waals surface area (Å²) in [5.74, 6) is 3.00. The largest absolute Gasteiger partial charge is 0.364 e. The van der Waals surface area contributed by atoms with Gasteiger partial charge in [-0.2, -0.15) is 4.98 Å². The molecule has 0 radical (unpaired) electrons. The summed E-state index contributed by atoms with van der Waals surface area (Å²) < 4.78 is 11.4. The van der Waals surface area contributed by atoms with Crippen LogP contribution in [0.25, 0.3) is 0 Å². The third-order valence-corrected chi connectivity index (χ3v) is 4.67. The molecule has 1 saturated carbocycles. The molecular weight excluding hydrogens is 242 g/mol. The first kappa shape index (κ1) is 11.9. The Balaban J connectivity index is 1.40. The van der Waals surface area contributed by atoms with Gasteiger partial charge < -0.3 is 14.2 Å². The Morgan fingerprint density at radius 2 is 2.21 bits per heavy atom. The molecule has 1 aromatic rings. The second-order valence-electron chi connectivity index (χ2n) is 6.33. The third-order valence-electron chi connectivity index (χ3n) is 4.67. The standard InChI is InChI=1S/C14H21N3O2/c1-9-15-14(19-16-9)12-6-11-4-5-17(7-10-2-3-10)8-13(11)18-12/h10-13H,2-8H2,1H3/t11-,12-,13+/m0/s1. The molecular formula is C14H21N3O2. The van der Waals surface area contributed by atoms with Crippen molar-refractivity contribution in [1.82, 2.24) is 15.0 Å². The fourth-order valence-electron chi connectivity index (χ4n) is 3.43. The average molecular weight is 263 g/mol. The molecule has 1 aliphatic carbocycles. The smallest absolute Gasteiger partial charge is 0.255 e. The number of aromatic nitrogens is 2. The number of fused-ring (bicyclic) bond motifs is 1. The van der Waals surface area contributed by atoms with Crippen LogP contribution in [-0.2, 0) is 4.74 Å². The van der Waals surface area contributed by atoms with E-state index >= 15 is 0 Å². The number of piperidine rings is 1. The van der Waals surface area contributed by atoms with Crippen molar-refractivity contribution < 1.29 is 9.26 Å². The van der Waals surface area contributed by atoms with E-state index in [4.69, 9.17) is 9.26 Å². The van der Waals surface area contributed by atoms with Gasteiger partial charge in [-0.3, -0.25) is 0 Å². The van der Waals surface area contributed by atoms with Crippen molar-refractivity contribution >= 4 is 0 Å². The molecule has 3 fully saturated rings. The summed E-state index contributed by atoms with van der Waals surface area (Å²) in [5, 5.41) is 3.86. The van der Waals surface area contributed by atoms with Crippen molar-refractivity contribution in [2.75, 3.05) is 19.6 Å². The van der Waals surface area contributed by atoms with E-state index in [9.17, 15) is 0 Å². The van der Waals surface area contributed by atoms with Crippen LogP contribution >= 0.6 is 0 Å². The lowest BCUT2D eigenvalue weighted by molar-refractivity contribution is -0.0180. The van der Waals surface area contributed by atoms with Crippen LogP contribution in [0.15, 0.2) is 4.52 Å². The average Bonchev–Trinajstić information content (AvgIpc) is 2.94. The first-order valence-corrected chi connectivity index (χ1v) is 7.46. The first-order chi connectivity index (χ1) is 9.28. The number of rotatable bonds is 3. The second-order valence-corrected chi connectivity index (χ2v) is 6.33. The van der Waals surface area contributed by atoms with Crippen molar-refractivity contribution in [3.8, 4) is 0 Å². The van der Waals surface area contributed by atoms with Crippen molar-refractivity contribution in [2.45, 2.75) is 44.8 Å². The lowest BCUT2D eigenvalue weighted by atomic mass is 9.91. The maximum absolute atomic E-state index is 6.16. The quantitative estimate of drug-likeness (QED) is 0.834. The monoisotopic (exact) mass is 263 g/mol. The van der Waals surface area contributed by atoms with Crippen LogP contribution in [-0.4, -0.2) is 40.8 Å². The molecule has 5 heteroatoms. The minimum atomic E-state index is 0.0251. The summed E-state index contributed by atoms with van der Waals surface area (Å²) in [6, 6.07) is 0. The summed E-state index contributed by atoms with van der Waals surface area (Å²) in [7, 11) is 0. The fourth-order valence-corrected chi connectivity index (χ4v) is 3.43. The van der Waals surface area contributed by atoms with Gasteiger partial charge in [-0.05, 0) is 51.0 Å². The van der Waals surface area contributed by atoms with Crippen molar-refractivity contribution in [1.29, 1.82) is 0 Å². The topological polar surface area (TPSA) is 51.4 Å². The van der Waals surface area contributed by atoms with E-state index in [1.165, 1.54) is 32.4 Å². The van der Waals surface area contributed by atoms with E-state index in [1.807, 2.05) is 6.92 Å². The zero-order valence-electron chi connectivity index (χ0n) is 11.4. The van der Waals surface area contributed by atoms with Gasteiger partial charge in [0, 0.05) is 13.1 Å². The van der Waals surface area contributed by atoms with E-state index in [0.29, 0.717) is 23.7 Å². The van der Waals surface area contributed by atoms with Gasteiger partial charge in [-0.15, -0.1) is 0 Å². The van der Waals surface area contributed by atoms with E-state index in [-0.39, 0.29) is 6.10 Å². The molecule has 0 amide bonds. The Labute approximate surface area is 113 Å². The molecule has 4 rings (SSSR count). The fraction of sp³-hybridized carbons (Fsp3) is 0.857. The summed E-state index contributed by atoms with van der Waals surface area (Å²) in [6.07, 6.45) is 5.54. The number of likely N-dealkylation sites (tertiary alicyclic amines) is 1. The SMILES string of the molecule is Cc1noc([C@@H]2C[C@@H]3CCN(CC4CC4)C[C@H]3O2)n1. The first-order valence-electron chi connectivity index (χ1n) is 7.46. The molecule has 104 valence electrons. The lowest BCUT2D eigenvalue weighted by Gasteiger charge is -2.34. The maximum atomic E-state index is 6.16. The van der Waals surface area contributed by atoms with Gasteiger partial charge in [-0.25, -0.2) is 0 Å². The number of hydrogen-bond donors (Lipinski definition) is 0. The third kappa shape index (κ3) is 2.41. The highest BCUT2D eigenvalue weighted by Gasteiger charge is 2.42. The van der Waals surface area contributed by atoms with Crippen molar-refractivity contribution in [2.24, 2.45) is 11.8 Å². The summed E-state index contributed by atoms with van der Waals surface area (Å²) >= 11 is 0. The number of aryl methyl sites for hydroxylation is 1. The molecule has 0 bridgehead atoms. The molecule has 0 N–H and O–H groups in total. The summed E-state index contributed by atoms with van der Waals surface area (Å²) in [5.41, 5.74) is 0. The van der Waals surface area contributed by atoms with Crippen LogP contribution in [0.3, 0.4) is 0 Å². The molecule has 0 aromatic carbocycles. The molecule has 3 atom stereocenters. The lowest BCUT2D eigenvalue weighted by Crippen LogP contribution is -2.43. The van der Waals surface area contributed by atoms with Crippen LogP contribution in [0.2, 0.25) is 0 Å². The number of nitrogens with zero attached hydrogens (tertiary/aromatic N) is 3. The highest BCUT2D eigenvalue weighted by atomic mass is 16.5. The molecule has 3 heterocycles. The number of hydrogen-bond acceptors (Lipinski definition) is 5. The zero-order valence-corrected chi connectivity index (χ0v) is 11.4. The van der Waals surface area contributed by atoms with Crippen LogP contribution in [0.5, 0.6) is 0 Å². The van der Waals surface area contributed by atoms with Gasteiger partial charge in [-0.1, -0.05) is 5.16 Å². The minimum Gasteiger partial charge on any atom is -0.364 e. The van der Waals surface area contributed by atoms with Gasteiger partial charge in [0.15, 0.2) is 5.82 Å². The molecule has 0 unspecified atom stereocenters. The van der Waals surface area contributed by atoms with Crippen LogP contribution in [0.1, 0.15) is 43.5 Å². The van der Waals surface area contributed by atoms with Crippen LogP contribution < -0.4 is 0 Å². The Hall–Kier alpha value is -0.940. The predicted molar refractivity (Wildman–Crippen MR) is 68.5 cm³/mol. The van der Waals surface area contributed by atoms with Gasteiger partial charge in [0.25, 0.3) is 5.89 Å². The summed E-state index contributed by atoms with van der Waals surface area (Å²) in [6.45, 7) is 5.45. The number of ether oxygens (including phenoxy) is 1. The highest BCUT2D eigenvalue weighted by molar-refractivity contribution is 4.97. The maximum Gasteiger partial charge on any atom is 0.255 e. The second kappa shape index (κ2) is 4.56. The molecule has 19 heavy (non-hydrogen) atoms. The predicted octanol–water partition coefficient (Wildman–Crippen LogP) is 1.94. The Morgan fingerprint density at radius 1 is 1.32 bits per heavy atom. The van der Waals surface area contributed by atoms with Gasteiger partial charge in [0.2, 0.25) is 0 Å². The Bertz CT molecular complexity index is 457. The van der Waals surface area contributed by atoms with Crippen molar-refractivity contribution in [3.63, 3.8) is 0 Å². The highest BCUT2D eigenvalue weighted by Crippen LogP contribution is 2.41. The van der Waals surface area contributed by atoms with Gasteiger partial charge >= 0.3 is 0 Å². The zero-order chi connectivity index (χ0) is 12.8. The van der Waals surface area contributed by atoms with Crippen molar-refractivity contribution in [3.05, 3.63) is 11.7 Å². The molecule has 2 saturated heterocycles. The van der Waals surface area contributed by atoms with E-state index in [1.54, 1.807) is 0 Å². The van der Waals surface area contributed by atoms with Crippen LogP contribution in [0.4, 0.5) is 0 Å². The van der Waals surface area contributed by atoms with E-state index < -0.39 is 0 Å². The van der Waals surface area contributed by atoms with E-state index in [0.717, 1.165) is 18.9 Å². The molecule has 2 aliphatic heterocycles. The van der Waals surface area contributed by atoms with Crippen LogP contribution in [0, 0.1) is 18.8 Å². The molecule has 3 aliphatic rings. The Kier molecular flexibility index (Phi) is 2.84. The molecule has 5 nitrogen and oxygen atoms in total. The minimum absolute atomic E-state index is 0.0251. The van der Waals surface area contributed by atoms with E-state index in [2.05, 4.69) is 15.0 Å². The normalized spacial score (nSPS) is 35.5. The Morgan fingerprint density at radius 3 is 2.95 bits per heavy atom. The molecule has 1 aromatic heterocycles.